The molecule has 1 fully saturated rings. The molecule has 0 bridgehead atoms. The van der Waals surface area contributed by atoms with Gasteiger partial charge < -0.3 is 0 Å². The highest BCUT2D eigenvalue weighted by molar-refractivity contribution is 6.68. The average Bonchev–Trinajstić information content (AvgIpc) is 2.03. The quantitative estimate of drug-likeness (QED) is 0.497. The van der Waals surface area contributed by atoms with E-state index in [1.54, 1.807) is 0 Å². The summed E-state index contributed by atoms with van der Waals surface area (Å²) in [7, 11) is -0.168. The SMILES string of the molecule is ClC(Cl)[SiH2]CC1CCCCC1. The first-order chi connectivity index (χ1) is 5.29. The topological polar surface area (TPSA) is 0 Å². The van der Waals surface area contributed by atoms with Crippen molar-refractivity contribution in [2.75, 3.05) is 0 Å². The van der Waals surface area contributed by atoms with Crippen molar-refractivity contribution in [3.8, 4) is 0 Å². The van der Waals surface area contributed by atoms with E-state index >= 15 is 0 Å². The van der Waals surface area contributed by atoms with Gasteiger partial charge >= 0.3 is 0 Å². The second-order valence-corrected chi connectivity index (χ2v) is 7.76. The van der Waals surface area contributed by atoms with E-state index < -0.39 is 0 Å². The summed E-state index contributed by atoms with van der Waals surface area (Å²) in [4.78, 5) is 0. The van der Waals surface area contributed by atoms with Gasteiger partial charge in [-0.2, -0.15) is 0 Å². The predicted octanol–water partition coefficient (Wildman–Crippen LogP) is 2.92. The molecule has 0 radical (unpaired) electrons. The third kappa shape index (κ3) is 4.39. The molecule has 0 saturated heterocycles. The maximum absolute atomic E-state index is 5.72. The van der Waals surface area contributed by atoms with Gasteiger partial charge in [0.1, 0.15) is 0 Å². The summed E-state index contributed by atoms with van der Waals surface area (Å²) in [5, 5.41) is 0. The lowest BCUT2D eigenvalue weighted by Crippen LogP contribution is -2.12. The molecule has 0 amide bonds. The molecule has 0 spiro atoms. The molecule has 1 saturated carbocycles. The van der Waals surface area contributed by atoms with Crippen LogP contribution in [0.15, 0.2) is 0 Å². The van der Waals surface area contributed by atoms with Gasteiger partial charge in [-0.1, -0.05) is 38.1 Å². The van der Waals surface area contributed by atoms with Crippen molar-refractivity contribution in [2.45, 2.75) is 42.6 Å². The molecule has 1 aliphatic rings. The van der Waals surface area contributed by atoms with Gasteiger partial charge in [0, 0.05) is 0 Å². The largest absolute Gasteiger partial charge is 0.110 e. The Morgan fingerprint density at radius 3 is 2.36 bits per heavy atom. The van der Waals surface area contributed by atoms with Crippen molar-refractivity contribution in [3.63, 3.8) is 0 Å². The van der Waals surface area contributed by atoms with E-state index in [0.717, 1.165) is 5.92 Å². The van der Waals surface area contributed by atoms with Gasteiger partial charge in [0.2, 0.25) is 0 Å². The lowest BCUT2D eigenvalue weighted by Gasteiger charge is -2.21. The average molecular weight is 211 g/mol. The highest BCUT2D eigenvalue weighted by atomic mass is 35.5. The van der Waals surface area contributed by atoms with E-state index in [9.17, 15) is 0 Å². The van der Waals surface area contributed by atoms with E-state index in [0.29, 0.717) is 0 Å². The molecule has 0 N–H and O–H groups in total. The molecule has 0 aromatic heterocycles. The first kappa shape index (κ1) is 9.88. The van der Waals surface area contributed by atoms with Crippen LogP contribution in [0.3, 0.4) is 0 Å². The van der Waals surface area contributed by atoms with Crippen LogP contribution < -0.4 is 0 Å². The van der Waals surface area contributed by atoms with E-state index in [1.807, 2.05) is 0 Å². The van der Waals surface area contributed by atoms with Crippen LogP contribution in [0.1, 0.15) is 32.1 Å². The zero-order valence-electron chi connectivity index (χ0n) is 6.86. The maximum atomic E-state index is 5.72. The van der Waals surface area contributed by atoms with Gasteiger partial charge in [-0.15, -0.1) is 23.2 Å². The van der Waals surface area contributed by atoms with Crippen LogP contribution in [0.25, 0.3) is 0 Å². The van der Waals surface area contributed by atoms with E-state index in [1.165, 1.54) is 38.1 Å². The summed E-state index contributed by atoms with van der Waals surface area (Å²) in [6.45, 7) is 0. The van der Waals surface area contributed by atoms with Gasteiger partial charge in [-0.05, 0) is 5.92 Å². The molecule has 1 rings (SSSR count). The van der Waals surface area contributed by atoms with Crippen molar-refractivity contribution in [3.05, 3.63) is 0 Å². The highest BCUT2D eigenvalue weighted by Gasteiger charge is 2.14. The number of halogens is 2. The van der Waals surface area contributed by atoms with Crippen molar-refractivity contribution in [1.82, 2.24) is 0 Å². The Labute approximate surface area is 81.5 Å². The van der Waals surface area contributed by atoms with Crippen molar-refractivity contribution >= 4 is 32.7 Å². The number of alkyl halides is 2. The van der Waals surface area contributed by atoms with Gasteiger partial charge in [0.05, 0.1) is 14.0 Å². The minimum absolute atomic E-state index is 0.00285. The first-order valence-electron chi connectivity index (χ1n) is 4.57. The standard InChI is InChI=1S/C8H16Cl2Si/c9-8(10)11-6-7-4-2-1-3-5-7/h7-8H,1-6,11H2. The zero-order chi connectivity index (χ0) is 8.10. The zero-order valence-corrected chi connectivity index (χ0v) is 9.79. The minimum Gasteiger partial charge on any atom is -0.110 e. The normalized spacial score (nSPS) is 22.1. The predicted molar refractivity (Wildman–Crippen MR) is 55.4 cm³/mol. The number of hydrogen-bond donors (Lipinski definition) is 0. The monoisotopic (exact) mass is 210 g/mol. The Morgan fingerprint density at radius 2 is 1.82 bits per heavy atom. The summed E-state index contributed by atoms with van der Waals surface area (Å²) < 4.78 is -0.00285. The Bertz CT molecular complexity index is 100. The first-order valence-corrected chi connectivity index (χ1v) is 7.26. The van der Waals surface area contributed by atoms with E-state index in [-0.39, 0.29) is 14.0 Å². The van der Waals surface area contributed by atoms with Gasteiger partial charge in [-0.3, -0.25) is 0 Å². The number of rotatable bonds is 3. The lowest BCUT2D eigenvalue weighted by atomic mass is 9.91. The summed E-state index contributed by atoms with van der Waals surface area (Å²) in [5.41, 5.74) is 0. The molecular formula is C8H16Cl2Si. The van der Waals surface area contributed by atoms with E-state index in [4.69, 9.17) is 23.2 Å². The fourth-order valence-corrected chi connectivity index (χ4v) is 3.89. The van der Waals surface area contributed by atoms with Crippen molar-refractivity contribution in [1.29, 1.82) is 0 Å². The molecule has 11 heavy (non-hydrogen) atoms. The van der Waals surface area contributed by atoms with Crippen LogP contribution in [0, 0.1) is 5.92 Å². The minimum atomic E-state index is -0.168. The molecule has 0 aromatic carbocycles. The summed E-state index contributed by atoms with van der Waals surface area (Å²) in [5.74, 6) is 0.982. The van der Waals surface area contributed by atoms with Crippen LogP contribution >= 0.6 is 23.2 Å². The Kier molecular flexibility index (Phi) is 4.89. The molecule has 0 aromatic rings. The molecule has 0 atom stereocenters. The van der Waals surface area contributed by atoms with Gasteiger partial charge in [0.15, 0.2) is 0 Å². The van der Waals surface area contributed by atoms with Gasteiger partial charge in [-0.25, -0.2) is 0 Å². The summed E-state index contributed by atoms with van der Waals surface area (Å²) in [6.07, 6.45) is 7.20. The van der Waals surface area contributed by atoms with Crippen LogP contribution in [0.2, 0.25) is 6.04 Å². The smallest absolute Gasteiger partial charge is 0.0908 e. The molecule has 66 valence electrons. The van der Waals surface area contributed by atoms with Crippen LogP contribution in [-0.2, 0) is 0 Å². The second-order valence-electron chi connectivity index (χ2n) is 3.47. The molecular weight excluding hydrogens is 195 g/mol. The molecule has 0 unspecified atom stereocenters. The molecule has 1 aliphatic carbocycles. The highest BCUT2D eigenvalue weighted by Crippen LogP contribution is 2.27. The third-order valence-electron chi connectivity index (χ3n) is 2.52. The lowest BCUT2D eigenvalue weighted by molar-refractivity contribution is 0.384. The Hall–Kier alpha value is 0.797. The van der Waals surface area contributed by atoms with Crippen LogP contribution in [0.5, 0.6) is 0 Å². The van der Waals surface area contributed by atoms with Crippen molar-refractivity contribution < 1.29 is 0 Å². The molecule has 0 aliphatic heterocycles. The Morgan fingerprint density at radius 1 is 1.18 bits per heavy atom. The summed E-state index contributed by atoms with van der Waals surface area (Å²) in [6, 6.07) is 1.37. The van der Waals surface area contributed by atoms with E-state index in [2.05, 4.69) is 0 Å². The third-order valence-corrected chi connectivity index (χ3v) is 5.41. The molecule has 0 nitrogen and oxygen atoms in total. The Balaban J connectivity index is 2.05. The fraction of sp³-hybridized carbons (Fsp3) is 1.00. The second kappa shape index (κ2) is 5.44. The van der Waals surface area contributed by atoms with Crippen LogP contribution in [0.4, 0.5) is 0 Å². The van der Waals surface area contributed by atoms with Crippen LogP contribution in [-0.4, -0.2) is 14.0 Å². The number of hydrogen-bond acceptors (Lipinski definition) is 0. The fourth-order valence-electron chi connectivity index (χ4n) is 1.84. The molecule has 0 heterocycles. The van der Waals surface area contributed by atoms with Gasteiger partial charge in [0.25, 0.3) is 0 Å². The summed E-state index contributed by atoms with van der Waals surface area (Å²) >= 11 is 11.4. The van der Waals surface area contributed by atoms with Crippen molar-refractivity contribution in [2.24, 2.45) is 5.92 Å². The molecule has 3 heteroatoms. The maximum Gasteiger partial charge on any atom is 0.0908 e.